The van der Waals surface area contributed by atoms with Gasteiger partial charge in [-0.3, -0.25) is 0 Å². The van der Waals surface area contributed by atoms with Crippen molar-refractivity contribution < 1.29 is 15.0 Å². The van der Waals surface area contributed by atoms with Crippen molar-refractivity contribution in [1.82, 2.24) is 0 Å². The second-order valence-corrected chi connectivity index (χ2v) is 3.86. The number of carboxylic acid groups (broad SMARTS) is 1. The van der Waals surface area contributed by atoms with Gasteiger partial charge >= 0.3 is 5.97 Å². The summed E-state index contributed by atoms with van der Waals surface area (Å²) in [7, 11) is 0. The summed E-state index contributed by atoms with van der Waals surface area (Å²) in [5, 5.41) is 18.9. The molecule has 3 heteroatoms. The van der Waals surface area contributed by atoms with Crippen molar-refractivity contribution in [3.8, 4) is 16.9 Å². The van der Waals surface area contributed by atoms with Crippen molar-refractivity contribution in [3.05, 3.63) is 53.6 Å². The molecule has 2 aromatic rings. The van der Waals surface area contributed by atoms with Gasteiger partial charge < -0.3 is 10.2 Å². The highest BCUT2D eigenvalue weighted by atomic mass is 16.4. The number of aromatic carboxylic acids is 1. The fourth-order valence-corrected chi connectivity index (χ4v) is 1.71. The van der Waals surface area contributed by atoms with Crippen LogP contribution in [0.1, 0.15) is 15.9 Å². The van der Waals surface area contributed by atoms with Crippen LogP contribution in [0.5, 0.6) is 5.75 Å². The highest BCUT2D eigenvalue weighted by molar-refractivity contribution is 5.89. The molecule has 2 aromatic carbocycles. The number of hydrogen-bond donors (Lipinski definition) is 2. The average Bonchev–Trinajstić information content (AvgIpc) is 2.33. The molecule has 0 unspecified atom stereocenters. The molecule has 0 fully saturated rings. The van der Waals surface area contributed by atoms with Crippen LogP contribution in [0, 0.1) is 6.92 Å². The predicted molar refractivity (Wildman–Crippen MR) is 65.2 cm³/mol. The van der Waals surface area contributed by atoms with Gasteiger partial charge in [0, 0.05) is 5.56 Å². The van der Waals surface area contributed by atoms with Crippen LogP contribution >= 0.6 is 0 Å². The van der Waals surface area contributed by atoms with Gasteiger partial charge in [-0.2, -0.15) is 0 Å². The summed E-state index contributed by atoms with van der Waals surface area (Å²) < 4.78 is 0. The van der Waals surface area contributed by atoms with E-state index in [0.29, 0.717) is 11.1 Å². The normalized spacial score (nSPS) is 10.2. The van der Waals surface area contributed by atoms with Gasteiger partial charge in [-0.15, -0.1) is 0 Å². The smallest absolute Gasteiger partial charge is 0.335 e. The number of rotatable bonds is 2. The highest BCUT2D eigenvalue weighted by Gasteiger charge is 2.08. The van der Waals surface area contributed by atoms with Gasteiger partial charge in [0.1, 0.15) is 5.75 Å². The van der Waals surface area contributed by atoms with Crippen molar-refractivity contribution in [1.29, 1.82) is 0 Å². The molecule has 2 N–H and O–H groups in total. The number of carboxylic acids is 1. The van der Waals surface area contributed by atoms with E-state index in [1.54, 1.807) is 37.3 Å². The SMILES string of the molecule is Cc1cccc(-c2cccc(C(=O)O)c2)c1O. The summed E-state index contributed by atoms with van der Waals surface area (Å²) in [5.74, 6) is -0.783. The maximum atomic E-state index is 10.9. The number of benzene rings is 2. The molecule has 0 aliphatic carbocycles. The number of phenolic OH excluding ortho intramolecular Hbond substituents is 1. The minimum Gasteiger partial charge on any atom is -0.507 e. The monoisotopic (exact) mass is 228 g/mol. The third-order valence-electron chi connectivity index (χ3n) is 2.66. The van der Waals surface area contributed by atoms with Gasteiger partial charge in [0.15, 0.2) is 0 Å². The van der Waals surface area contributed by atoms with Crippen molar-refractivity contribution >= 4 is 5.97 Å². The topological polar surface area (TPSA) is 57.5 Å². The second kappa shape index (κ2) is 4.29. The predicted octanol–water partition coefficient (Wildman–Crippen LogP) is 3.07. The zero-order valence-electron chi connectivity index (χ0n) is 9.34. The van der Waals surface area contributed by atoms with Gasteiger partial charge in [-0.1, -0.05) is 30.3 Å². The number of hydrogen-bond acceptors (Lipinski definition) is 2. The molecule has 0 aromatic heterocycles. The zero-order valence-corrected chi connectivity index (χ0v) is 9.34. The molecular formula is C14H12O3. The van der Waals surface area contributed by atoms with Crippen molar-refractivity contribution in [2.24, 2.45) is 0 Å². The standard InChI is InChI=1S/C14H12O3/c1-9-4-2-7-12(13(9)15)10-5-3-6-11(8-10)14(16)17/h2-8,15H,1H3,(H,16,17). The zero-order chi connectivity index (χ0) is 12.4. The van der Waals surface area contributed by atoms with Crippen LogP contribution in [0.2, 0.25) is 0 Å². The van der Waals surface area contributed by atoms with Crippen LogP contribution in [-0.4, -0.2) is 16.2 Å². The number of phenols is 1. The van der Waals surface area contributed by atoms with Crippen molar-refractivity contribution in [2.45, 2.75) is 6.92 Å². The van der Waals surface area contributed by atoms with Crippen LogP contribution in [0.15, 0.2) is 42.5 Å². The van der Waals surface area contributed by atoms with Gasteiger partial charge in [0.2, 0.25) is 0 Å². The van der Waals surface area contributed by atoms with E-state index in [1.807, 2.05) is 6.07 Å². The lowest BCUT2D eigenvalue weighted by Crippen LogP contribution is -1.95. The van der Waals surface area contributed by atoms with E-state index >= 15 is 0 Å². The van der Waals surface area contributed by atoms with Gasteiger partial charge in [0.05, 0.1) is 5.56 Å². The first-order chi connectivity index (χ1) is 8.09. The van der Waals surface area contributed by atoms with E-state index in [4.69, 9.17) is 5.11 Å². The van der Waals surface area contributed by atoms with Crippen LogP contribution in [0.3, 0.4) is 0 Å². The Kier molecular flexibility index (Phi) is 2.83. The molecule has 0 amide bonds. The maximum Gasteiger partial charge on any atom is 0.335 e. The van der Waals surface area contributed by atoms with Gasteiger partial charge in [0.25, 0.3) is 0 Å². The Bertz CT molecular complexity index is 573. The Morgan fingerprint density at radius 1 is 1.12 bits per heavy atom. The lowest BCUT2D eigenvalue weighted by atomic mass is 10.00. The Morgan fingerprint density at radius 2 is 1.82 bits per heavy atom. The molecule has 3 nitrogen and oxygen atoms in total. The van der Waals surface area contributed by atoms with Crippen LogP contribution in [0.4, 0.5) is 0 Å². The maximum absolute atomic E-state index is 10.9. The van der Waals surface area contributed by atoms with Crippen LogP contribution in [-0.2, 0) is 0 Å². The third kappa shape index (κ3) is 2.13. The fourth-order valence-electron chi connectivity index (χ4n) is 1.71. The summed E-state index contributed by atoms with van der Waals surface area (Å²) in [4.78, 5) is 10.9. The Balaban J connectivity index is 2.57. The molecule has 0 radical (unpaired) electrons. The molecule has 0 heterocycles. The molecule has 0 atom stereocenters. The molecule has 0 aliphatic rings. The first-order valence-electron chi connectivity index (χ1n) is 5.22. The fraction of sp³-hybridized carbons (Fsp3) is 0.0714. The lowest BCUT2D eigenvalue weighted by molar-refractivity contribution is 0.0697. The van der Waals surface area contributed by atoms with Crippen molar-refractivity contribution in [2.75, 3.05) is 0 Å². The molecule has 0 bridgehead atoms. The van der Waals surface area contributed by atoms with E-state index < -0.39 is 5.97 Å². The largest absolute Gasteiger partial charge is 0.507 e. The average molecular weight is 228 g/mol. The summed E-state index contributed by atoms with van der Waals surface area (Å²) in [5.41, 5.74) is 2.32. The first-order valence-corrected chi connectivity index (χ1v) is 5.22. The summed E-state index contributed by atoms with van der Waals surface area (Å²) in [6, 6.07) is 11.9. The molecular weight excluding hydrogens is 216 g/mol. The Morgan fingerprint density at radius 3 is 2.53 bits per heavy atom. The van der Waals surface area contributed by atoms with E-state index in [0.717, 1.165) is 5.56 Å². The molecule has 0 saturated heterocycles. The van der Waals surface area contributed by atoms with E-state index in [2.05, 4.69) is 0 Å². The van der Waals surface area contributed by atoms with Gasteiger partial charge in [-0.25, -0.2) is 4.79 Å². The summed E-state index contributed by atoms with van der Waals surface area (Å²) >= 11 is 0. The number of carbonyl (C=O) groups is 1. The minimum absolute atomic E-state index is 0.190. The number of para-hydroxylation sites is 1. The first kappa shape index (κ1) is 11.2. The Hall–Kier alpha value is -2.29. The van der Waals surface area contributed by atoms with E-state index in [1.165, 1.54) is 6.07 Å². The number of aryl methyl sites for hydroxylation is 1. The molecule has 0 saturated carbocycles. The molecule has 0 spiro atoms. The highest BCUT2D eigenvalue weighted by Crippen LogP contribution is 2.31. The molecule has 86 valence electrons. The van der Waals surface area contributed by atoms with Crippen molar-refractivity contribution in [3.63, 3.8) is 0 Å². The molecule has 0 aliphatic heterocycles. The summed E-state index contributed by atoms with van der Waals surface area (Å²) in [6.45, 7) is 1.81. The summed E-state index contributed by atoms with van der Waals surface area (Å²) in [6.07, 6.45) is 0. The van der Waals surface area contributed by atoms with Crippen LogP contribution in [0.25, 0.3) is 11.1 Å². The minimum atomic E-state index is -0.973. The lowest BCUT2D eigenvalue weighted by Gasteiger charge is -2.07. The molecule has 2 rings (SSSR count). The second-order valence-electron chi connectivity index (χ2n) is 3.86. The van der Waals surface area contributed by atoms with Crippen LogP contribution < -0.4 is 0 Å². The number of aromatic hydroxyl groups is 1. The molecule has 17 heavy (non-hydrogen) atoms. The third-order valence-corrected chi connectivity index (χ3v) is 2.66. The Labute approximate surface area is 99.0 Å². The van der Waals surface area contributed by atoms with E-state index in [-0.39, 0.29) is 11.3 Å². The quantitative estimate of drug-likeness (QED) is 0.830. The van der Waals surface area contributed by atoms with Gasteiger partial charge in [-0.05, 0) is 30.2 Å². The van der Waals surface area contributed by atoms with E-state index in [9.17, 15) is 9.90 Å².